The van der Waals surface area contributed by atoms with Crippen molar-refractivity contribution in [2.75, 3.05) is 21.3 Å². The van der Waals surface area contributed by atoms with Crippen LogP contribution >= 0.6 is 0 Å². The Labute approximate surface area is 106 Å². The molecule has 0 bridgehead atoms. The number of nitrogens with one attached hydrogen (secondary N) is 1. The molecule has 1 N–H and O–H groups in total. The van der Waals surface area contributed by atoms with Crippen molar-refractivity contribution >= 4 is 12.0 Å². The average molecular weight is 246 g/mol. The first-order valence-electron chi connectivity index (χ1n) is 5.22. The van der Waals surface area contributed by atoms with Gasteiger partial charge in [-0.3, -0.25) is 4.79 Å². The van der Waals surface area contributed by atoms with Crippen LogP contribution in [0.25, 0.3) is 6.08 Å². The number of ether oxygens (including phenoxy) is 2. The maximum atomic E-state index is 11.4. The van der Waals surface area contributed by atoms with E-state index in [-0.39, 0.29) is 5.57 Å². The van der Waals surface area contributed by atoms with Gasteiger partial charge in [-0.15, -0.1) is 0 Å². The maximum Gasteiger partial charge on any atom is 0.261 e. The Bertz CT molecular complexity index is 515. The Balaban J connectivity index is 3.29. The van der Waals surface area contributed by atoms with Gasteiger partial charge in [0.05, 0.1) is 14.2 Å². The van der Waals surface area contributed by atoms with Gasteiger partial charge >= 0.3 is 0 Å². The van der Waals surface area contributed by atoms with Crippen LogP contribution < -0.4 is 14.8 Å². The predicted molar refractivity (Wildman–Crippen MR) is 67.2 cm³/mol. The van der Waals surface area contributed by atoms with Crippen LogP contribution in [0, 0.1) is 11.3 Å². The third-order valence-electron chi connectivity index (χ3n) is 2.33. The fourth-order valence-corrected chi connectivity index (χ4v) is 1.46. The minimum atomic E-state index is -0.442. The molecular weight excluding hydrogens is 232 g/mol. The fraction of sp³-hybridized carbons (Fsp3) is 0.231. The Hall–Kier alpha value is -2.48. The second-order valence-electron chi connectivity index (χ2n) is 3.33. The number of nitriles is 1. The van der Waals surface area contributed by atoms with Crippen LogP contribution in [0.4, 0.5) is 0 Å². The van der Waals surface area contributed by atoms with E-state index >= 15 is 0 Å². The minimum Gasteiger partial charge on any atom is -0.493 e. The van der Waals surface area contributed by atoms with E-state index in [0.29, 0.717) is 17.1 Å². The lowest BCUT2D eigenvalue weighted by Gasteiger charge is -2.10. The zero-order chi connectivity index (χ0) is 13.5. The Morgan fingerprint density at radius 3 is 2.61 bits per heavy atom. The molecule has 0 saturated carbocycles. The molecule has 0 radical (unpaired) electrons. The van der Waals surface area contributed by atoms with Gasteiger partial charge in [0.1, 0.15) is 11.6 Å². The number of hydrogen-bond donors (Lipinski definition) is 1. The van der Waals surface area contributed by atoms with Gasteiger partial charge < -0.3 is 14.8 Å². The van der Waals surface area contributed by atoms with Gasteiger partial charge in [0, 0.05) is 12.6 Å². The van der Waals surface area contributed by atoms with Crippen LogP contribution in [0.2, 0.25) is 0 Å². The number of likely N-dealkylation sites (N-methyl/N-ethyl adjacent to an activating group) is 1. The third-order valence-corrected chi connectivity index (χ3v) is 2.33. The molecule has 1 amide bonds. The van der Waals surface area contributed by atoms with Gasteiger partial charge in [0.2, 0.25) is 0 Å². The van der Waals surface area contributed by atoms with E-state index in [9.17, 15) is 4.79 Å². The fourth-order valence-electron chi connectivity index (χ4n) is 1.46. The zero-order valence-electron chi connectivity index (χ0n) is 10.5. The highest BCUT2D eigenvalue weighted by Crippen LogP contribution is 2.32. The van der Waals surface area contributed by atoms with Gasteiger partial charge in [-0.05, 0) is 12.1 Å². The summed E-state index contributed by atoms with van der Waals surface area (Å²) in [6.07, 6.45) is 1.46. The summed E-state index contributed by atoms with van der Waals surface area (Å²) in [4.78, 5) is 11.4. The topological polar surface area (TPSA) is 71.4 Å². The molecule has 18 heavy (non-hydrogen) atoms. The van der Waals surface area contributed by atoms with Gasteiger partial charge in [-0.1, -0.05) is 12.1 Å². The molecule has 1 aromatic carbocycles. The first kappa shape index (κ1) is 13.6. The lowest BCUT2D eigenvalue weighted by Crippen LogP contribution is -2.19. The number of hydrogen-bond acceptors (Lipinski definition) is 4. The molecule has 1 rings (SSSR count). The number of carbonyl (C=O) groups excluding carboxylic acids is 1. The van der Waals surface area contributed by atoms with Crippen LogP contribution in [0.5, 0.6) is 11.5 Å². The quantitative estimate of drug-likeness (QED) is 0.643. The number of carbonyl (C=O) groups is 1. The average Bonchev–Trinajstić information content (AvgIpc) is 2.43. The number of amides is 1. The molecule has 0 aliphatic heterocycles. The normalized spacial score (nSPS) is 10.4. The summed E-state index contributed by atoms with van der Waals surface area (Å²) in [7, 11) is 4.49. The molecule has 0 aromatic heterocycles. The summed E-state index contributed by atoms with van der Waals surface area (Å²) in [5.74, 6) is 0.583. The molecular formula is C13H14N2O3. The van der Waals surface area contributed by atoms with Gasteiger partial charge in [-0.2, -0.15) is 5.26 Å². The van der Waals surface area contributed by atoms with Crippen LogP contribution in [0.1, 0.15) is 5.56 Å². The smallest absolute Gasteiger partial charge is 0.261 e. The molecule has 0 spiro atoms. The summed E-state index contributed by atoms with van der Waals surface area (Å²) in [5, 5.41) is 11.3. The van der Waals surface area contributed by atoms with Crippen LogP contribution in [0.15, 0.2) is 23.8 Å². The number of benzene rings is 1. The largest absolute Gasteiger partial charge is 0.493 e. The third kappa shape index (κ3) is 2.80. The maximum absolute atomic E-state index is 11.4. The first-order chi connectivity index (χ1) is 8.67. The predicted octanol–water partition coefficient (Wildman–Crippen LogP) is 1.36. The van der Waals surface area contributed by atoms with E-state index in [1.807, 2.05) is 6.07 Å². The van der Waals surface area contributed by atoms with Gasteiger partial charge in [0.25, 0.3) is 5.91 Å². The van der Waals surface area contributed by atoms with Crippen molar-refractivity contribution in [3.63, 3.8) is 0 Å². The molecule has 0 aliphatic carbocycles. The molecule has 5 heteroatoms. The van der Waals surface area contributed by atoms with Crippen molar-refractivity contribution in [1.29, 1.82) is 5.26 Å². The van der Waals surface area contributed by atoms with Crippen LogP contribution in [-0.4, -0.2) is 27.2 Å². The zero-order valence-corrected chi connectivity index (χ0v) is 10.5. The molecule has 0 heterocycles. The summed E-state index contributed by atoms with van der Waals surface area (Å²) < 4.78 is 10.4. The number of rotatable bonds is 4. The van der Waals surface area contributed by atoms with Crippen molar-refractivity contribution < 1.29 is 14.3 Å². The summed E-state index contributed by atoms with van der Waals surface area (Å²) in [6.45, 7) is 0. The second-order valence-corrected chi connectivity index (χ2v) is 3.33. The van der Waals surface area contributed by atoms with Gasteiger partial charge in [-0.25, -0.2) is 0 Å². The number of nitrogens with zero attached hydrogens (tertiary/aromatic N) is 1. The number of methoxy groups -OCH3 is 2. The molecule has 0 unspecified atom stereocenters. The van der Waals surface area contributed by atoms with Crippen molar-refractivity contribution in [3.8, 4) is 17.6 Å². The Morgan fingerprint density at radius 2 is 2.11 bits per heavy atom. The van der Waals surface area contributed by atoms with E-state index in [4.69, 9.17) is 14.7 Å². The standard InChI is InChI=1S/C13H14N2O3/c1-15-13(16)10(8-14)7-9-5-4-6-11(17-2)12(9)18-3/h4-7H,1-3H3,(H,15,16). The van der Waals surface area contributed by atoms with E-state index in [0.717, 1.165) is 0 Å². The molecule has 0 fully saturated rings. The van der Waals surface area contributed by atoms with E-state index < -0.39 is 5.91 Å². The lowest BCUT2D eigenvalue weighted by molar-refractivity contribution is -0.116. The molecule has 94 valence electrons. The summed E-state index contributed by atoms with van der Waals surface area (Å²) in [5.41, 5.74) is 0.612. The molecule has 5 nitrogen and oxygen atoms in total. The van der Waals surface area contributed by atoms with Crippen molar-refractivity contribution in [2.24, 2.45) is 0 Å². The Morgan fingerprint density at radius 1 is 1.39 bits per heavy atom. The summed E-state index contributed by atoms with van der Waals surface area (Å²) in [6, 6.07) is 7.07. The van der Waals surface area contributed by atoms with Crippen molar-refractivity contribution in [1.82, 2.24) is 5.32 Å². The van der Waals surface area contributed by atoms with Crippen LogP contribution in [0.3, 0.4) is 0 Å². The number of para-hydroxylation sites is 1. The van der Waals surface area contributed by atoms with Crippen LogP contribution in [-0.2, 0) is 4.79 Å². The molecule has 0 aliphatic rings. The molecule has 0 atom stereocenters. The highest BCUT2D eigenvalue weighted by Gasteiger charge is 2.11. The lowest BCUT2D eigenvalue weighted by atomic mass is 10.1. The van der Waals surface area contributed by atoms with Crippen molar-refractivity contribution in [3.05, 3.63) is 29.3 Å². The highest BCUT2D eigenvalue weighted by atomic mass is 16.5. The molecule has 0 saturated heterocycles. The SMILES string of the molecule is CNC(=O)C(C#N)=Cc1cccc(OC)c1OC. The van der Waals surface area contributed by atoms with E-state index in [1.165, 1.54) is 27.3 Å². The highest BCUT2D eigenvalue weighted by molar-refractivity contribution is 6.01. The van der Waals surface area contributed by atoms with Crippen molar-refractivity contribution in [2.45, 2.75) is 0 Å². The van der Waals surface area contributed by atoms with E-state index in [1.54, 1.807) is 18.2 Å². The summed E-state index contributed by atoms with van der Waals surface area (Å²) >= 11 is 0. The second kappa shape index (κ2) is 6.30. The molecule has 1 aromatic rings. The van der Waals surface area contributed by atoms with Gasteiger partial charge in [0.15, 0.2) is 11.5 Å². The first-order valence-corrected chi connectivity index (χ1v) is 5.22. The monoisotopic (exact) mass is 246 g/mol. The minimum absolute atomic E-state index is 0.00375. The van der Waals surface area contributed by atoms with E-state index in [2.05, 4.69) is 5.32 Å². The Kier molecular flexibility index (Phi) is 4.76.